The van der Waals surface area contributed by atoms with Crippen molar-refractivity contribution in [1.29, 1.82) is 5.41 Å². The van der Waals surface area contributed by atoms with Crippen LogP contribution in [0.15, 0.2) is 29.4 Å². The van der Waals surface area contributed by atoms with Gasteiger partial charge in [-0.05, 0) is 18.2 Å². The Morgan fingerprint density at radius 1 is 1.56 bits per heavy atom. The summed E-state index contributed by atoms with van der Waals surface area (Å²) >= 11 is 0. The number of aliphatic carboxylic acids is 1. The standard InChI is InChI=1S/C9H9FN4O2/c10-5-2-1-3-6(4-5)13-14-7(8(11)12)9(15)16/h1-4,13H,(H3,11,12)(H,15,16)/b14-7-. The van der Waals surface area contributed by atoms with Gasteiger partial charge in [0, 0.05) is 0 Å². The molecule has 0 radical (unpaired) electrons. The summed E-state index contributed by atoms with van der Waals surface area (Å²) in [4.78, 5) is 10.6. The maximum atomic E-state index is 12.7. The zero-order valence-electron chi connectivity index (χ0n) is 8.07. The van der Waals surface area contributed by atoms with Gasteiger partial charge in [-0.1, -0.05) is 6.07 Å². The van der Waals surface area contributed by atoms with Crippen LogP contribution in [-0.2, 0) is 4.79 Å². The van der Waals surface area contributed by atoms with Crippen molar-refractivity contribution in [2.45, 2.75) is 0 Å². The average molecular weight is 224 g/mol. The lowest BCUT2D eigenvalue weighted by atomic mass is 10.3. The van der Waals surface area contributed by atoms with Crippen molar-refractivity contribution < 1.29 is 14.3 Å². The summed E-state index contributed by atoms with van der Waals surface area (Å²) in [5.74, 6) is -2.60. The number of carboxylic acid groups (broad SMARTS) is 1. The minimum atomic E-state index is -1.43. The van der Waals surface area contributed by atoms with Gasteiger partial charge < -0.3 is 10.8 Å². The van der Waals surface area contributed by atoms with E-state index in [0.29, 0.717) is 0 Å². The first-order valence-corrected chi connectivity index (χ1v) is 4.17. The Morgan fingerprint density at radius 2 is 2.25 bits per heavy atom. The Morgan fingerprint density at radius 3 is 2.75 bits per heavy atom. The lowest BCUT2D eigenvalue weighted by Gasteiger charge is -2.02. The lowest BCUT2D eigenvalue weighted by molar-refractivity contribution is -0.129. The van der Waals surface area contributed by atoms with Crippen LogP contribution in [0, 0.1) is 11.2 Å². The minimum absolute atomic E-state index is 0.264. The third-order valence-corrected chi connectivity index (χ3v) is 1.58. The summed E-state index contributed by atoms with van der Waals surface area (Å²) in [5.41, 5.74) is 6.91. The van der Waals surface area contributed by atoms with Gasteiger partial charge in [0.2, 0.25) is 5.71 Å². The van der Waals surface area contributed by atoms with Crippen molar-refractivity contribution in [2.75, 3.05) is 5.43 Å². The molecule has 0 spiro atoms. The second-order valence-corrected chi connectivity index (χ2v) is 2.80. The molecule has 5 N–H and O–H groups in total. The summed E-state index contributed by atoms with van der Waals surface area (Å²) in [5, 5.41) is 18.9. The van der Waals surface area contributed by atoms with Gasteiger partial charge in [-0.25, -0.2) is 9.18 Å². The molecule has 1 aromatic carbocycles. The van der Waals surface area contributed by atoms with E-state index in [2.05, 4.69) is 10.5 Å². The number of benzene rings is 1. The molecule has 0 aliphatic carbocycles. The Hall–Kier alpha value is -2.44. The first-order chi connectivity index (χ1) is 7.50. The number of anilines is 1. The maximum absolute atomic E-state index is 12.7. The van der Waals surface area contributed by atoms with Crippen LogP contribution in [0.4, 0.5) is 10.1 Å². The molecule has 0 amide bonds. The molecule has 0 aliphatic heterocycles. The summed E-state index contributed by atoms with van der Waals surface area (Å²) in [6.45, 7) is 0. The smallest absolute Gasteiger partial charge is 0.360 e. The molecule has 6 nitrogen and oxygen atoms in total. The van der Waals surface area contributed by atoms with Crippen LogP contribution in [0.3, 0.4) is 0 Å². The van der Waals surface area contributed by atoms with E-state index in [9.17, 15) is 9.18 Å². The number of carbonyl (C=O) groups is 1. The third kappa shape index (κ3) is 3.05. The van der Waals surface area contributed by atoms with E-state index in [1.165, 1.54) is 18.2 Å². The Bertz CT molecular complexity index is 443. The van der Waals surface area contributed by atoms with Crippen molar-refractivity contribution in [3.8, 4) is 0 Å². The molecule has 1 rings (SSSR count). The molecule has 16 heavy (non-hydrogen) atoms. The van der Waals surface area contributed by atoms with E-state index in [1.807, 2.05) is 0 Å². The molecule has 84 valence electrons. The number of amidine groups is 1. The van der Waals surface area contributed by atoms with E-state index in [1.54, 1.807) is 0 Å². The van der Waals surface area contributed by atoms with Crippen LogP contribution in [0.2, 0.25) is 0 Å². The van der Waals surface area contributed by atoms with E-state index in [0.717, 1.165) is 6.07 Å². The van der Waals surface area contributed by atoms with Crippen LogP contribution < -0.4 is 11.2 Å². The van der Waals surface area contributed by atoms with Gasteiger partial charge in [-0.3, -0.25) is 10.8 Å². The van der Waals surface area contributed by atoms with Crippen molar-refractivity contribution in [1.82, 2.24) is 0 Å². The van der Waals surface area contributed by atoms with Crippen LogP contribution in [-0.4, -0.2) is 22.6 Å². The first-order valence-electron chi connectivity index (χ1n) is 4.17. The highest BCUT2D eigenvalue weighted by atomic mass is 19.1. The van der Waals surface area contributed by atoms with Crippen molar-refractivity contribution in [3.63, 3.8) is 0 Å². The van der Waals surface area contributed by atoms with Gasteiger partial charge in [0.1, 0.15) is 5.82 Å². The number of nitrogens with one attached hydrogen (secondary N) is 2. The highest BCUT2D eigenvalue weighted by molar-refractivity contribution is 6.64. The summed E-state index contributed by atoms with van der Waals surface area (Å²) in [7, 11) is 0. The number of hydrazone groups is 1. The summed E-state index contributed by atoms with van der Waals surface area (Å²) in [6, 6.07) is 5.29. The number of hydrogen-bond acceptors (Lipinski definition) is 4. The molecule has 0 bridgehead atoms. The van der Waals surface area contributed by atoms with Crippen molar-refractivity contribution in [2.24, 2.45) is 10.8 Å². The second kappa shape index (κ2) is 4.87. The molecule has 0 aromatic heterocycles. The minimum Gasteiger partial charge on any atom is -0.476 e. The monoisotopic (exact) mass is 224 g/mol. The third-order valence-electron chi connectivity index (χ3n) is 1.58. The second-order valence-electron chi connectivity index (χ2n) is 2.80. The molecular weight excluding hydrogens is 215 g/mol. The molecule has 0 saturated carbocycles. The maximum Gasteiger partial charge on any atom is 0.360 e. The SMILES string of the molecule is N=C(N)/C(=N/Nc1cccc(F)c1)C(=O)O. The largest absolute Gasteiger partial charge is 0.476 e. The highest BCUT2D eigenvalue weighted by Crippen LogP contribution is 2.08. The number of carboxylic acids is 1. The predicted octanol–water partition coefficient (Wildman–Crippen LogP) is 0.614. The Kier molecular flexibility index (Phi) is 3.54. The van der Waals surface area contributed by atoms with Gasteiger partial charge in [-0.2, -0.15) is 5.10 Å². The van der Waals surface area contributed by atoms with Gasteiger partial charge in [-0.15, -0.1) is 0 Å². The van der Waals surface area contributed by atoms with Gasteiger partial charge in [0.25, 0.3) is 0 Å². The number of nitrogens with two attached hydrogens (primary N) is 1. The highest BCUT2D eigenvalue weighted by Gasteiger charge is 2.12. The average Bonchev–Trinajstić information content (AvgIpc) is 2.16. The molecule has 1 aromatic rings. The Balaban J connectivity index is 2.85. The molecular formula is C9H9FN4O2. The molecule has 0 atom stereocenters. The van der Waals surface area contributed by atoms with Gasteiger partial charge in [0.05, 0.1) is 5.69 Å². The first kappa shape index (κ1) is 11.6. The molecule has 0 fully saturated rings. The van der Waals surface area contributed by atoms with Crippen molar-refractivity contribution >= 4 is 23.2 Å². The van der Waals surface area contributed by atoms with E-state index in [4.69, 9.17) is 16.2 Å². The molecule has 7 heteroatoms. The van der Waals surface area contributed by atoms with E-state index in [-0.39, 0.29) is 5.69 Å². The molecule has 0 heterocycles. The fourth-order valence-corrected chi connectivity index (χ4v) is 0.902. The van der Waals surface area contributed by atoms with E-state index >= 15 is 0 Å². The number of rotatable bonds is 4. The number of hydrogen-bond donors (Lipinski definition) is 4. The zero-order chi connectivity index (χ0) is 12.1. The van der Waals surface area contributed by atoms with Gasteiger partial charge in [0.15, 0.2) is 5.84 Å². The van der Waals surface area contributed by atoms with E-state index < -0.39 is 23.3 Å². The predicted molar refractivity (Wildman–Crippen MR) is 57.0 cm³/mol. The molecule has 0 aliphatic rings. The molecule has 0 saturated heterocycles. The van der Waals surface area contributed by atoms with Gasteiger partial charge >= 0.3 is 5.97 Å². The van der Waals surface area contributed by atoms with Crippen LogP contribution in [0.1, 0.15) is 0 Å². The fourth-order valence-electron chi connectivity index (χ4n) is 0.902. The number of nitrogens with zero attached hydrogens (tertiary/aromatic N) is 1. The lowest BCUT2D eigenvalue weighted by Crippen LogP contribution is -2.30. The fraction of sp³-hybridized carbons (Fsp3) is 0. The normalized spacial score (nSPS) is 10.9. The molecule has 0 unspecified atom stereocenters. The summed E-state index contributed by atoms with van der Waals surface area (Å²) in [6.07, 6.45) is 0. The van der Waals surface area contributed by atoms with Crippen LogP contribution >= 0.6 is 0 Å². The Labute approximate surface area is 90.1 Å². The topological polar surface area (TPSA) is 112 Å². The number of halogens is 1. The quantitative estimate of drug-likeness (QED) is 0.341. The van der Waals surface area contributed by atoms with Crippen LogP contribution in [0.25, 0.3) is 0 Å². The summed E-state index contributed by atoms with van der Waals surface area (Å²) < 4.78 is 12.7. The van der Waals surface area contributed by atoms with Crippen LogP contribution in [0.5, 0.6) is 0 Å². The van der Waals surface area contributed by atoms with Crippen molar-refractivity contribution in [3.05, 3.63) is 30.1 Å². The zero-order valence-corrected chi connectivity index (χ0v) is 8.07.